The Hall–Kier alpha value is -3.02. The molecule has 4 rings (SSSR count). The molecule has 0 bridgehead atoms. The molecule has 3 heterocycles. The van der Waals surface area contributed by atoms with E-state index in [1.54, 1.807) is 6.26 Å². The van der Waals surface area contributed by atoms with Gasteiger partial charge in [-0.25, -0.2) is 4.79 Å². The summed E-state index contributed by atoms with van der Waals surface area (Å²) < 4.78 is 10.6. The van der Waals surface area contributed by atoms with Crippen molar-refractivity contribution in [1.29, 1.82) is 0 Å². The number of anilines is 1. The first-order chi connectivity index (χ1) is 12.7. The van der Waals surface area contributed by atoms with Gasteiger partial charge in [0.2, 0.25) is 0 Å². The number of aryl methyl sites for hydroxylation is 1. The third-order valence-electron chi connectivity index (χ3n) is 4.67. The Kier molecular flexibility index (Phi) is 4.48. The largest absolute Gasteiger partial charge is 0.464 e. The number of nitrogens with one attached hydrogen (secondary N) is 1. The van der Waals surface area contributed by atoms with E-state index in [1.807, 2.05) is 54.3 Å². The summed E-state index contributed by atoms with van der Waals surface area (Å²) in [6, 6.07) is 13.1. The van der Waals surface area contributed by atoms with E-state index in [1.165, 1.54) is 0 Å². The first kappa shape index (κ1) is 16.4. The van der Waals surface area contributed by atoms with Crippen molar-refractivity contribution < 1.29 is 13.7 Å². The second-order valence-corrected chi connectivity index (χ2v) is 6.56. The molecule has 134 valence electrons. The molecule has 1 aliphatic rings. The molecule has 0 unspecified atom stereocenters. The zero-order chi connectivity index (χ0) is 17.9. The lowest BCUT2D eigenvalue weighted by atomic mass is 9.99. The highest BCUT2D eigenvalue weighted by molar-refractivity contribution is 5.90. The van der Waals surface area contributed by atoms with Crippen molar-refractivity contribution >= 4 is 11.7 Å². The van der Waals surface area contributed by atoms with Gasteiger partial charge in [-0.05, 0) is 50.5 Å². The predicted molar refractivity (Wildman–Crippen MR) is 97.7 cm³/mol. The Labute approximate surface area is 151 Å². The summed E-state index contributed by atoms with van der Waals surface area (Å²) in [7, 11) is 0. The van der Waals surface area contributed by atoms with Gasteiger partial charge < -0.3 is 19.2 Å². The summed E-state index contributed by atoms with van der Waals surface area (Å²) in [5.41, 5.74) is 2.49. The topological polar surface area (TPSA) is 71.5 Å². The number of piperidine rings is 1. The van der Waals surface area contributed by atoms with Gasteiger partial charge in [0, 0.05) is 23.9 Å². The summed E-state index contributed by atoms with van der Waals surface area (Å²) >= 11 is 0. The minimum atomic E-state index is -0.119. The van der Waals surface area contributed by atoms with Crippen LogP contribution in [0.2, 0.25) is 0 Å². The van der Waals surface area contributed by atoms with Crippen molar-refractivity contribution in [1.82, 2.24) is 10.1 Å². The van der Waals surface area contributed by atoms with Crippen LogP contribution in [0.25, 0.3) is 11.3 Å². The molecule has 1 saturated heterocycles. The number of urea groups is 1. The first-order valence-corrected chi connectivity index (χ1v) is 8.85. The van der Waals surface area contributed by atoms with Gasteiger partial charge in [0.1, 0.15) is 17.2 Å². The standard InChI is InChI=1S/C20H21N3O3/c1-14-12-17(22-26-14)18-8-2-3-10-23(18)20(24)21-16-7-4-6-15(13-16)19-9-5-11-25-19/h4-7,9,11-13,18H,2-3,8,10H2,1H3,(H,21,24)/t18-/m0/s1. The number of carbonyl (C=O) groups is 1. The van der Waals surface area contributed by atoms with Gasteiger partial charge in [0.25, 0.3) is 0 Å². The molecule has 1 atom stereocenters. The van der Waals surface area contributed by atoms with Crippen LogP contribution in [0.3, 0.4) is 0 Å². The molecule has 6 nitrogen and oxygen atoms in total. The monoisotopic (exact) mass is 351 g/mol. The van der Waals surface area contributed by atoms with Crippen molar-refractivity contribution in [3.8, 4) is 11.3 Å². The van der Waals surface area contributed by atoms with E-state index < -0.39 is 0 Å². The van der Waals surface area contributed by atoms with Crippen molar-refractivity contribution in [3.05, 3.63) is 60.2 Å². The zero-order valence-electron chi connectivity index (χ0n) is 14.6. The number of carbonyl (C=O) groups excluding carboxylic acids is 1. The van der Waals surface area contributed by atoms with Crippen LogP contribution >= 0.6 is 0 Å². The molecule has 0 aliphatic carbocycles. The fourth-order valence-corrected chi connectivity index (χ4v) is 3.41. The maximum atomic E-state index is 12.9. The van der Waals surface area contributed by atoms with Crippen molar-refractivity contribution in [2.75, 3.05) is 11.9 Å². The molecule has 26 heavy (non-hydrogen) atoms. The highest BCUT2D eigenvalue weighted by Gasteiger charge is 2.30. The number of furan rings is 1. The summed E-state index contributed by atoms with van der Waals surface area (Å²) in [5, 5.41) is 7.13. The molecule has 1 aromatic carbocycles. The van der Waals surface area contributed by atoms with Crippen LogP contribution in [0, 0.1) is 6.92 Å². The minimum absolute atomic E-state index is 0.0468. The highest BCUT2D eigenvalue weighted by Crippen LogP contribution is 2.31. The molecule has 1 fully saturated rings. The van der Waals surface area contributed by atoms with Crippen LogP contribution in [0.4, 0.5) is 10.5 Å². The van der Waals surface area contributed by atoms with E-state index in [2.05, 4.69) is 10.5 Å². The lowest BCUT2D eigenvalue weighted by Gasteiger charge is -2.34. The van der Waals surface area contributed by atoms with Gasteiger partial charge >= 0.3 is 6.03 Å². The average Bonchev–Trinajstić information content (AvgIpc) is 3.34. The van der Waals surface area contributed by atoms with E-state index in [0.717, 1.165) is 47.7 Å². The van der Waals surface area contributed by atoms with Crippen LogP contribution < -0.4 is 5.32 Å². The molecule has 0 saturated carbocycles. The number of likely N-dealkylation sites (tertiary alicyclic amines) is 1. The Bertz CT molecular complexity index is 885. The second-order valence-electron chi connectivity index (χ2n) is 6.56. The predicted octanol–water partition coefficient (Wildman–Crippen LogP) is 5.00. The second kappa shape index (κ2) is 7.07. The lowest BCUT2D eigenvalue weighted by Crippen LogP contribution is -2.41. The van der Waals surface area contributed by atoms with Crippen molar-refractivity contribution in [2.24, 2.45) is 0 Å². The summed E-state index contributed by atoms with van der Waals surface area (Å²) in [4.78, 5) is 14.7. The fraction of sp³-hybridized carbons (Fsp3) is 0.300. The van der Waals surface area contributed by atoms with E-state index in [4.69, 9.17) is 8.94 Å². The maximum absolute atomic E-state index is 12.9. The average molecular weight is 351 g/mol. The third kappa shape index (κ3) is 3.35. The van der Waals surface area contributed by atoms with Crippen molar-refractivity contribution in [3.63, 3.8) is 0 Å². The molecule has 1 aliphatic heterocycles. The molecule has 2 amide bonds. The van der Waals surface area contributed by atoms with Crippen LogP contribution in [0.15, 0.2) is 57.7 Å². The number of hydrogen-bond donors (Lipinski definition) is 1. The van der Waals surface area contributed by atoms with Gasteiger partial charge in [-0.2, -0.15) is 0 Å². The summed E-state index contributed by atoms with van der Waals surface area (Å²) in [5.74, 6) is 1.53. The van der Waals surface area contributed by atoms with Gasteiger partial charge in [-0.15, -0.1) is 0 Å². The highest BCUT2D eigenvalue weighted by atomic mass is 16.5. The van der Waals surface area contributed by atoms with E-state index in [9.17, 15) is 4.79 Å². The molecular formula is C20H21N3O3. The molecule has 6 heteroatoms. The van der Waals surface area contributed by atoms with E-state index in [0.29, 0.717) is 6.54 Å². The molecule has 0 radical (unpaired) electrons. The summed E-state index contributed by atoms with van der Waals surface area (Å²) in [6.45, 7) is 2.57. The fourth-order valence-electron chi connectivity index (χ4n) is 3.41. The van der Waals surface area contributed by atoms with Gasteiger partial charge in [-0.3, -0.25) is 0 Å². The van der Waals surface area contributed by atoms with Gasteiger partial charge in [0.05, 0.1) is 12.3 Å². The Morgan fingerprint density at radius 3 is 2.92 bits per heavy atom. The molecule has 0 spiro atoms. The molecule has 1 N–H and O–H groups in total. The number of amides is 2. The Balaban J connectivity index is 1.52. The number of benzene rings is 1. The number of hydrogen-bond acceptors (Lipinski definition) is 4. The molecule has 2 aromatic heterocycles. The summed E-state index contributed by atoms with van der Waals surface area (Å²) in [6.07, 6.45) is 4.60. The Morgan fingerprint density at radius 1 is 1.23 bits per heavy atom. The quantitative estimate of drug-likeness (QED) is 0.720. The van der Waals surface area contributed by atoms with Crippen LogP contribution in [-0.4, -0.2) is 22.6 Å². The van der Waals surface area contributed by atoms with Gasteiger partial charge in [-0.1, -0.05) is 17.3 Å². The number of nitrogens with zero attached hydrogens (tertiary/aromatic N) is 2. The first-order valence-electron chi connectivity index (χ1n) is 8.85. The smallest absolute Gasteiger partial charge is 0.322 e. The zero-order valence-corrected chi connectivity index (χ0v) is 14.6. The third-order valence-corrected chi connectivity index (χ3v) is 4.67. The molecular weight excluding hydrogens is 330 g/mol. The maximum Gasteiger partial charge on any atom is 0.322 e. The lowest BCUT2D eigenvalue weighted by molar-refractivity contribution is 0.159. The normalized spacial score (nSPS) is 17.3. The Morgan fingerprint density at radius 2 is 2.15 bits per heavy atom. The van der Waals surface area contributed by atoms with Crippen LogP contribution in [0.5, 0.6) is 0 Å². The van der Waals surface area contributed by atoms with Crippen LogP contribution in [0.1, 0.15) is 36.8 Å². The SMILES string of the molecule is Cc1cc([C@@H]2CCCCN2C(=O)Nc2cccc(-c3ccco3)c2)no1. The van der Waals surface area contributed by atoms with E-state index >= 15 is 0 Å². The van der Waals surface area contributed by atoms with Crippen molar-refractivity contribution in [2.45, 2.75) is 32.2 Å². The van der Waals surface area contributed by atoms with Crippen LogP contribution in [-0.2, 0) is 0 Å². The number of rotatable bonds is 3. The molecule has 3 aromatic rings. The van der Waals surface area contributed by atoms with E-state index in [-0.39, 0.29) is 12.1 Å². The minimum Gasteiger partial charge on any atom is -0.464 e. The van der Waals surface area contributed by atoms with Gasteiger partial charge in [0.15, 0.2) is 0 Å². The number of aromatic nitrogens is 1.